The van der Waals surface area contributed by atoms with E-state index in [0.717, 1.165) is 23.4 Å². The fourth-order valence-corrected chi connectivity index (χ4v) is 1.88. The van der Waals surface area contributed by atoms with Gasteiger partial charge in [0.2, 0.25) is 0 Å². The van der Waals surface area contributed by atoms with E-state index in [4.69, 9.17) is 5.11 Å². The maximum atomic E-state index is 9.10. The van der Waals surface area contributed by atoms with Gasteiger partial charge in [0.05, 0.1) is 24.0 Å². The van der Waals surface area contributed by atoms with Gasteiger partial charge in [-0.1, -0.05) is 29.5 Å². The highest BCUT2D eigenvalue weighted by Gasteiger charge is 2.14. The summed E-state index contributed by atoms with van der Waals surface area (Å²) < 4.78 is 1.87. The van der Waals surface area contributed by atoms with Crippen molar-refractivity contribution in [1.82, 2.24) is 20.3 Å². The second-order valence-electron chi connectivity index (χ2n) is 5.91. The molecular weight excluding hydrogens is 252 g/mol. The van der Waals surface area contributed by atoms with Gasteiger partial charge >= 0.3 is 0 Å². The van der Waals surface area contributed by atoms with Crippen LogP contribution in [0.4, 0.5) is 0 Å². The van der Waals surface area contributed by atoms with E-state index in [0.29, 0.717) is 6.54 Å². The maximum absolute atomic E-state index is 9.10. The van der Waals surface area contributed by atoms with Crippen LogP contribution in [-0.2, 0) is 25.2 Å². The molecule has 0 spiro atoms. The molecule has 0 aliphatic heterocycles. The predicted molar refractivity (Wildman–Crippen MR) is 77.9 cm³/mol. The van der Waals surface area contributed by atoms with Crippen LogP contribution >= 0.6 is 0 Å². The molecule has 5 heteroatoms. The first-order valence-corrected chi connectivity index (χ1v) is 6.80. The van der Waals surface area contributed by atoms with Crippen LogP contribution in [0.3, 0.4) is 0 Å². The van der Waals surface area contributed by atoms with Crippen molar-refractivity contribution in [2.75, 3.05) is 0 Å². The van der Waals surface area contributed by atoms with Crippen LogP contribution in [0, 0.1) is 0 Å². The Labute approximate surface area is 119 Å². The number of aliphatic hydroxyl groups excluding tert-OH is 1. The van der Waals surface area contributed by atoms with Crippen molar-refractivity contribution in [3.8, 4) is 0 Å². The molecule has 0 radical (unpaired) electrons. The highest BCUT2D eigenvalue weighted by molar-refractivity contribution is 5.22. The molecule has 0 fully saturated rings. The summed E-state index contributed by atoms with van der Waals surface area (Å²) >= 11 is 0. The summed E-state index contributed by atoms with van der Waals surface area (Å²) in [5, 5.41) is 20.7. The quantitative estimate of drug-likeness (QED) is 0.873. The smallest absolute Gasteiger partial charge is 0.0965 e. The average molecular weight is 274 g/mol. The summed E-state index contributed by atoms with van der Waals surface area (Å²) in [5.41, 5.74) is 2.97. The summed E-state index contributed by atoms with van der Waals surface area (Å²) in [4.78, 5) is 0. The zero-order valence-electron chi connectivity index (χ0n) is 12.3. The van der Waals surface area contributed by atoms with Gasteiger partial charge in [0.1, 0.15) is 0 Å². The van der Waals surface area contributed by atoms with Gasteiger partial charge in [-0.2, -0.15) is 0 Å². The zero-order valence-corrected chi connectivity index (χ0v) is 12.3. The number of nitrogens with zero attached hydrogens (tertiary/aromatic N) is 3. The molecule has 5 nitrogen and oxygen atoms in total. The van der Waals surface area contributed by atoms with Gasteiger partial charge in [-0.15, -0.1) is 5.10 Å². The molecular formula is C15H22N4O. The Kier molecular flexibility index (Phi) is 4.52. The van der Waals surface area contributed by atoms with Crippen LogP contribution in [0.1, 0.15) is 37.6 Å². The molecule has 0 unspecified atom stereocenters. The van der Waals surface area contributed by atoms with Gasteiger partial charge in [0.15, 0.2) is 0 Å². The summed E-state index contributed by atoms with van der Waals surface area (Å²) in [5.74, 6) is 0. The SMILES string of the molecule is CC(C)(C)n1cc(CNCc2cccc(CO)c2)nn1. The number of aromatic nitrogens is 3. The molecule has 0 saturated carbocycles. The van der Waals surface area contributed by atoms with E-state index in [-0.39, 0.29) is 12.1 Å². The molecule has 108 valence electrons. The van der Waals surface area contributed by atoms with Crippen LogP contribution in [-0.4, -0.2) is 20.1 Å². The van der Waals surface area contributed by atoms with Crippen LogP contribution in [0.5, 0.6) is 0 Å². The van der Waals surface area contributed by atoms with Crippen LogP contribution in [0.25, 0.3) is 0 Å². The Bertz CT molecular complexity index is 557. The van der Waals surface area contributed by atoms with Crippen molar-refractivity contribution in [3.05, 3.63) is 47.3 Å². The van der Waals surface area contributed by atoms with Gasteiger partial charge in [-0.25, -0.2) is 4.68 Å². The molecule has 0 aliphatic rings. The highest BCUT2D eigenvalue weighted by atomic mass is 16.3. The van der Waals surface area contributed by atoms with Gasteiger partial charge in [-0.3, -0.25) is 0 Å². The van der Waals surface area contributed by atoms with E-state index in [1.807, 2.05) is 35.1 Å². The van der Waals surface area contributed by atoms with E-state index in [9.17, 15) is 0 Å². The third-order valence-corrected chi connectivity index (χ3v) is 3.04. The molecule has 0 atom stereocenters. The minimum Gasteiger partial charge on any atom is -0.392 e. The molecule has 2 aromatic rings. The maximum Gasteiger partial charge on any atom is 0.0965 e. The van der Waals surface area contributed by atoms with E-state index in [1.165, 1.54) is 0 Å². The first-order valence-electron chi connectivity index (χ1n) is 6.80. The molecule has 0 bridgehead atoms. The molecule has 20 heavy (non-hydrogen) atoms. The zero-order chi connectivity index (χ0) is 14.6. The average Bonchev–Trinajstić information content (AvgIpc) is 2.88. The highest BCUT2D eigenvalue weighted by Crippen LogP contribution is 2.11. The van der Waals surface area contributed by atoms with Gasteiger partial charge in [0.25, 0.3) is 0 Å². The first-order chi connectivity index (χ1) is 9.49. The molecule has 2 N–H and O–H groups in total. The summed E-state index contributed by atoms with van der Waals surface area (Å²) in [6, 6.07) is 7.91. The lowest BCUT2D eigenvalue weighted by molar-refractivity contribution is 0.281. The van der Waals surface area contributed by atoms with Gasteiger partial charge < -0.3 is 10.4 Å². The van der Waals surface area contributed by atoms with E-state index in [1.54, 1.807) is 0 Å². The van der Waals surface area contributed by atoms with Crippen molar-refractivity contribution < 1.29 is 5.11 Å². The molecule has 0 amide bonds. The third kappa shape index (κ3) is 3.88. The Morgan fingerprint density at radius 3 is 2.60 bits per heavy atom. The number of benzene rings is 1. The normalized spacial score (nSPS) is 11.8. The molecule has 1 heterocycles. The minimum absolute atomic E-state index is 0.0410. The second kappa shape index (κ2) is 6.15. The van der Waals surface area contributed by atoms with E-state index < -0.39 is 0 Å². The number of aliphatic hydroxyl groups is 1. The second-order valence-corrected chi connectivity index (χ2v) is 5.91. The van der Waals surface area contributed by atoms with Crippen LogP contribution in [0.2, 0.25) is 0 Å². The molecule has 0 aliphatic carbocycles. The van der Waals surface area contributed by atoms with Gasteiger partial charge in [-0.05, 0) is 31.9 Å². The fourth-order valence-electron chi connectivity index (χ4n) is 1.88. The van der Waals surface area contributed by atoms with E-state index >= 15 is 0 Å². The third-order valence-electron chi connectivity index (χ3n) is 3.04. The number of hydrogen-bond donors (Lipinski definition) is 2. The standard InChI is InChI=1S/C15H22N4O/c1-15(2,3)19-10-14(17-18-19)9-16-8-12-5-4-6-13(7-12)11-20/h4-7,10,16,20H,8-9,11H2,1-3H3. The lowest BCUT2D eigenvalue weighted by Crippen LogP contribution is -2.22. The van der Waals surface area contributed by atoms with Crippen molar-refractivity contribution in [1.29, 1.82) is 0 Å². The van der Waals surface area contributed by atoms with Crippen molar-refractivity contribution in [3.63, 3.8) is 0 Å². The monoisotopic (exact) mass is 274 g/mol. The largest absolute Gasteiger partial charge is 0.392 e. The van der Waals surface area contributed by atoms with Gasteiger partial charge in [0, 0.05) is 13.1 Å². The van der Waals surface area contributed by atoms with Crippen molar-refractivity contribution >= 4 is 0 Å². The molecule has 1 aromatic heterocycles. The summed E-state index contributed by atoms with van der Waals surface area (Å²) in [6.07, 6.45) is 1.97. The van der Waals surface area contributed by atoms with Crippen LogP contribution in [0.15, 0.2) is 30.5 Å². The Morgan fingerprint density at radius 2 is 1.95 bits per heavy atom. The van der Waals surface area contributed by atoms with Crippen molar-refractivity contribution in [2.24, 2.45) is 0 Å². The lowest BCUT2D eigenvalue weighted by Gasteiger charge is -2.17. The lowest BCUT2D eigenvalue weighted by atomic mass is 10.1. The Balaban J connectivity index is 1.88. The van der Waals surface area contributed by atoms with E-state index in [2.05, 4.69) is 36.4 Å². The molecule has 0 saturated heterocycles. The summed E-state index contributed by atoms with van der Waals surface area (Å²) in [6.45, 7) is 7.79. The minimum atomic E-state index is -0.0410. The number of hydrogen-bond acceptors (Lipinski definition) is 4. The number of rotatable bonds is 5. The first kappa shape index (κ1) is 14.7. The Morgan fingerprint density at radius 1 is 1.20 bits per heavy atom. The molecule has 1 aromatic carbocycles. The summed E-state index contributed by atoms with van der Waals surface area (Å²) in [7, 11) is 0. The Hall–Kier alpha value is -1.72. The fraction of sp³-hybridized carbons (Fsp3) is 0.467. The van der Waals surface area contributed by atoms with Crippen molar-refractivity contribution in [2.45, 2.75) is 46.0 Å². The molecule has 2 rings (SSSR count). The van der Waals surface area contributed by atoms with Crippen LogP contribution < -0.4 is 5.32 Å². The topological polar surface area (TPSA) is 63.0 Å². The predicted octanol–water partition coefficient (Wildman–Crippen LogP) is 1.82. The number of nitrogens with one attached hydrogen (secondary N) is 1.